The van der Waals surface area contributed by atoms with E-state index in [4.69, 9.17) is 21.4 Å². The van der Waals surface area contributed by atoms with E-state index in [9.17, 15) is 0 Å². The van der Waals surface area contributed by atoms with E-state index in [0.29, 0.717) is 11.8 Å². The van der Waals surface area contributed by atoms with Crippen LogP contribution in [0.3, 0.4) is 0 Å². The fourth-order valence-corrected chi connectivity index (χ4v) is 6.23. The van der Waals surface area contributed by atoms with Crippen molar-refractivity contribution >= 4 is 33.4 Å². The molecule has 2 nitrogen and oxygen atoms in total. The third kappa shape index (κ3) is 5.44. The molecule has 0 amide bonds. The van der Waals surface area contributed by atoms with Crippen LogP contribution in [0.5, 0.6) is 0 Å². The number of halogens is 1. The number of rotatable bonds is 4. The molecular weight excluding hydrogens is 444 g/mol. The van der Waals surface area contributed by atoms with Crippen LogP contribution in [0.4, 0.5) is 0 Å². The van der Waals surface area contributed by atoms with Gasteiger partial charge in [0.2, 0.25) is 0 Å². The maximum Gasteiger partial charge on any atom is 0.0675 e. The van der Waals surface area contributed by atoms with Gasteiger partial charge in [0, 0.05) is 28.1 Å². The largest absolute Gasteiger partial charge is 0.276 e. The molecule has 0 saturated heterocycles. The third-order valence-corrected chi connectivity index (χ3v) is 8.59. The first-order valence-electron chi connectivity index (χ1n) is 12.3. The van der Waals surface area contributed by atoms with Gasteiger partial charge in [0.05, 0.1) is 5.69 Å². The summed E-state index contributed by atoms with van der Waals surface area (Å²) in [4.78, 5) is 5.85. The highest BCUT2D eigenvalue weighted by molar-refractivity contribution is 7.85. The van der Waals surface area contributed by atoms with Crippen molar-refractivity contribution in [2.45, 2.75) is 76.0 Å². The van der Waals surface area contributed by atoms with E-state index in [2.05, 4.69) is 50.0 Å². The number of hydrogen-bond donors (Lipinski definition) is 1. The summed E-state index contributed by atoms with van der Waals surface area (Å²) in [5, 5.41) is 0.763. The number of fused-ring (bicyclic) bond motifs is 1. The summed E-state index contributed by atoms with van der Waals surface area (Å²) in [6.07, 6.45) is 13.5. The Labute approximate surface area is 207 Å². The van der Waals surface area contributed by atoms with Crippen molar-refractivity contribution in [3.05, 3.63) is 58.4 Å². The highest BCUT2D eigenvalue weighted by Gasteiger charge is 2.35. The molecule has 1 aromatic heterocycles. The van der Waals surface area contributed by atoms with E-state index in [1.165, 1.54) is 48.8 Å². The van der Waals surface area contributed by atoms with E-state index >= 15 is 0 Å². The van der Waals surface area contributed by atoms with E-state index in [1.54, 1.807) is 0 Å². The van der Waals surface area contributed by atoms with E-state index < -0.39 is 10.7 Å². The van der Waals surface area contributed by atoms with E-state index in [-0.39, 0.29) is 0 Å². The normalized spacial score (nSPS) is 22.2. The van der Waals surface area contributed by atoms with Crippen molar-refractivity contribution < 1.29 is 0 Å². The third-order valence-electron chi connectivity index (χ3n) is 7.40. The van der Waals surface area contributed by atoms with Gasteiger partial charge in [-0.15, -0.1) is 0 Å². The van der Waals surface area contributed by atoms with Gasteiger partial charge in [-0.2, -0.15) is 0 Å². The lowest BCUT2D eigenvalue weighted by molar-refractivity contribution is 0.225. The molecule has 2 aliphatic carbocycles. The fourth-order valence-electron chi connectivity index (χ4n) is 5.58. The summed E-state index contributed by atoms with van der Waals surface area (Å²) >= 11 is 6.53. The fraction of sp³-hybridized carbons (Fsp3) is 0.483. The zero-order valence-electron chi connectivity index (χ0n) is 20.1. The molecule has 4 rings (SSSR count). The van der Waals surface area contributed by atoms with E-state index in [1.807, 2.05) is 18.5 Å². The quantitative estimate of drug-likeness (QED) is 0.439. The lowest BCUT2D eigenvalue weighted by Crippen LogP contribution is -2.23. The Morgan fingerprint density at radius 3 is 2.61 bits per heavy atom. The summed E-state index contributed by atoms with van der Waals surface area (Å²) < 4.78 is 8.07. The van der Waals surface area contributed by atoms with Crippen LogP contribution in [-0.4, -0.2) is 11.2 Å². The summed E-state index contributed by atoms with van der Waals surface area (Å²) in [7, 11) is -0.540. The van der Waals surface area contributed by atoms with Crippen LogP contribution < -0.4 is 0 Å². The lowest BCUT2D eigenvalue weighted by Gasteiger charge is -2.34. The molecule has 3 atom stereocenters. The Balaban J connectivity index is 1.91. The number of aromatic nitrogens is 1. The Bertz CT molecular complexity index is 1100. The molecule has 0 bridgehead atoms. The van der Waals surface area contributed by atoms with Crippen LogP contribution in [0.1, 0.15) is 88.0 Å². The first-order valence-corrected chi connectivity index (χ1v) is 14.4. The Morgan fingerprint density at radius 1 is 1.15 bits per heavy atom. The number of nitrogens with one attached hydrogen (secondary N) is 1. The zero-order valence-corrected chi connectivity index (χ0v) is 21.7. The first-order chi connectivity index (χ1) is 16.0. The van der Waals surface area contributed by atoms with Crippen molar-refractivity contribution in [3.8, 4) is 11.8 Å². The van der Waals surface area contributed by atoms with Gasteiger partial charge in [0.1, 0.15) is 0 Å². The van der Waals surface area contributed by atoms with Crippen LogP contribution in [0.15, 0.2) is 41.4 Å². The Hall–Kier alpha value is -1.89. The Morgan fingerprint density at radius 2 is 1.94 bits per heavy atom. The molecule has 33 heavy (non-hydrogen) atoms. The molecule has 1 fully saturated rings. The standard InChI is InChI=1S/C29H35ClN2S/c1-4-5-7-12-25-27-17-22(30)13-15-24(27)20(2)26(21-10-8-6-9-11-21)18-28(25)29-16-14-23(19-32-29)33(3)31/h13-17,19-21,26,31H,4-6,8-11,18H2,1-3H3. The summed E-state index contributed by atoms with van der Waals surface area (Å²) in [5.41, 5.74) is 5.94. The molecule has 2 aromatic rings. The lowest BCUT2D eigenvalue weighted by atomic mass is 9.70. The van der Waals surface area contributed by atoms with Crippen LogP contribution in [0.2, 0.25) is 5.02 Å². The first kappa shape index (κ1) is 24.2. The molecule has 1 N–H and O–H groups in total. The summed E-state index contributed by atoms with van der Waals surface area (Å²) in [5.74, 6) is 8.76. The number of benzene rings is 1. The topological polar surface area (TPSA) is 36.7 Å². The van der Waals surface area contributed by atoms with Crippen molar-refractivity contribution in [1.29, 1.82) is 4.78 Å². The van der Waals surface area contributed by atoms with Crippen molar-refractivity contribution in [1.82, 2.24) is 4.98 Å². The number of hydrogen-bond acceptors (Lipinski definition) is 2. The van der Waals surface area contributed by atoms with Gasteiger partial charge in [-0.3, -0.25) is 9.76 Å². The average molecular weight is 479 g/mol. The second kappa shape index (κ2) is 11.0. The average Bonchev–Trinajstić information content (AvgIpc) is 2.94. The molecule has 0 spiro atoms. The van der Waals surface area contributed by atoms with E-state index in [0.717, 1.165) is 46.4 Å². The predicted molar refractivity (Wildman–Crippen MR) is 143 cm³/mol. The molecule has 174 valence electrons. The number of nitrogens with zero attached hydrogens (tertiary/aromatic N) is 1. The molecule has 4 heteroatoms. The smallest absolute Gasteiger partial charge is 0.0675 e. The molecule has 2 aliphatic rings. The SMILES string of the molecule is CCCC#CC1=C(c2ccc(S(C)=N)cn2)CC(C2CCCCC2)C(C)c2ccc(Cl)cc21. The maximum atomic E-state index is 8.07. The minimum absolute atomic E-state index is 0.454. The minimum atomic E-state index is -0.540. The Kier molecular flexibility index (Phi) is 8.10. The van der Waals surface area contributed by atoms with Gasteiger partial charge in [-0.25, -0.2) is 0 Å². The molecule has 0 aliphatic heterocycles. The van der Waals surface area contributed by atoms with Gasteiger partial charge in [-0.1, -0.05) is 86.2 Å². The monoisotopic (exact) mass is 478 g/mol. The minimum Gasteiger partial charge on any atom is -0.276 e. The van der Waals surface area contributed by atoms with Crippen LogP contribution in [-0.2, 0) is 10.7 Å². The van der Waals surface area contributed by atoms with Gasteiger partial charge in [-0.05, 0) is 77.8 Å². The zero-order chi connectivity index (χ0) is 23.4. The van der Waals surface area contributed by atoms with Crippen molar-refractivity contribution in [2.24, 2.45) is 11.8 Å². The molecular formula is C29H35ClN2S. The van der Waals surface area contributed by atoms with Crippen LogP contribution in [0.25, 0.3) is 11.1 Å². The summed E-state index contributed by atoms with van der Waals surface area (Å²) in [6.45, 7) is 4.58. The van der Waals surface area contributed by atoms with Gasteiger partial charge >= 0.3 is 0 Å². The number of pyridine rings is 1. The summed E-state index contributed by atoms with van der Waals surface area (Å²) in [6, 6.07) is 10.6. The number of unbranched alkanes of at least 4 members (excludes halogenated alkanes) is 1. The highest BCUT2D eigenvalue weighted by atomic mass is 35.5. The molecule has 3 unspecified atom stereocenters. The van der Waals surface area contributed by atoms with Crippen molar-refractivity contribution in [3.63, 3.8) is 0 Å². The van der Waals surface area contributed by atoms with Gasteiger partial charge in [0.25, 0.3) is 0 Å². The van der Waals surface area contributed by atoms with Crippen molar-refractivity contribution in [2.75, 3.05) is 6.26 Å². The molecule has 1 saturated carbocycles. The van der Waals surface area contributed by atoms with Gasteiger partial charge < -0.3 is 0 Å². The molecule has 1 heterocycles. The predicted octanol–water partition coefficient (Wildman–Crippen LogP) is 8.52. The molecule has 1 aromatic carbocycles. The second-order valence-electron chi connectivity index (χ2n) is 9.58. The molecule has 0 radical (unpaired) electrons. The van der Waals surface area contributed by atoms with Crippen LogP contribution >= 0.6 is 11.6 Å². The van der Waals surface area contributed by atoms with Crippen LogP contribution in [0, 0.1) is 28.5 Å². The maximum absolute atomic E-state index is 8.07. The second-order valence-corrected chi connectivity index (χ2v) is 11.5. The van der Waals surface area contributed by atoms with Gasteiger partial charge in [0.15, 0.2) is 0 Å². The number of allylic oxidation sites excluding steroid dienone is 2. The highest BCUT2D eigenvalue weighted by Crippen LogP contribution is 2.49.